The highest BCUT2D eigenvalue weighted by Crippen LogP contribution is 2.44. The van der Waals surface area contributed by atoms with Gasteiger partial charge >= 0.3 is 0 Å². The Morgan fingerprint density at radius 3 is 3.05 bits per heavy atom. The maximum Gasteiger partial charge on any atom is 0.129 e. The molecule has 1 N–H and O–H groups in total. The number of likely N-dealkylation sites (N-methyl/N-ethyl adjacent to an activating group) is 1. The second-order valence-electron chi connectivity index (χ2n) is 5.75. The molecule has 2 atom stereocenters. The zero-order valence-corrected chi connectivity index (χ0v) is 11.6. The largest absolute Gasteiger partial charge is 0.497 e. The fourth-order valence-corrected chi connectivity index (χ4v) is 3.31. The van der Waals surface area contributed by atoms with Gasteiger partial charge in [0.15, 0.2) is 0 Å². The van der Waals surface area contributed by atoms with E-state index in [-0.39, 0.29) is 5.60 Å². The van der Waals surface area contributed by atoms with Crippen molar-refractivity contribution in [3.05, 3.63) is 23.8 Å². The van der Waals surface area contributed by atoms with E-state index in [0.717, 1.165) is 43.0 Å². The molecule has 19 heavy (non-hydrogen) atoms. The molecule has 0 bridgehead atoms. The van der Waals surface area contributed by atoms with Crippen LogP contribution in [0.25, 0.3) is 0 Å². The van der Waals surface area contributed by atoms with Crippen LogP contribution >= 0.6 is 0 Å². The Kier molecular flexibility index (Phi) is 3.15. The summed E-state index contributed by atoms with van der Waals surface area (Å²) in [6.07, 6.45) is 2.35. The number of nitrogens with zero attached hydrogens (tertiary/aromatic N) is 1. The number of fused-ring (bicyclic) bond motifs is 1. The number of hydrogen-bond donors (Lipinski definition) is 1. The Balaban J connectivity index is 1.93. The molecule has 1 fully saturated rings. The third-order valence-electron chi connectivity index (χ3n) is 4.20. The Morgan fingerprint density at radius 1 is 1.47 bits per heavy atom. The number of ether oxygens (including phenoxy) is 2. The summed E-state index contributed by atoms with van der Waals surface area (Å²) < 4.78 is 11.5. The SMILES string of the molecule is COc1ccc2c(c1)OC1(CCCN(C)C1)C[C@H]2O. The summed E-state index contributed by atoms with van der Waals surface area (Å²) in [5.74, 6) is 1.54. The Morgan fingerprint density at radius 2 is 2.32 bits per heavy atom. The van der Waals surface area contributed by atoms with E-state index in [1.165, 1.54) is 0 Å². The van der Waals surface area contributed by atoms with E-state index in [1.807, 2.05) is 18.2 Å². The fraction of sp³-hybridized carbons (Fsp3) is 0.600. The monoisotopic (exact) mass is 263 g/mol. The van der Waals surface area contributed by atoms with Gasteiger partial charge in [-0.15, -0.1) is 0 Å². The first-order valence-electron chi connectivity index (χ1n) is 6.85. The van der Waals surface area contributed by atoms with Crippen molar-refractivity contribution in [2.45, 2.75) is 31.0 Å². The molecular formula is C15H21NO3. The van der Waals surface area contributed by atoms with Gasteiger partial charge in [0, 0.05) is 24.6 Å². The minimum Gasteiger partial charge on any atom is -0.497 e. The second-order valence-corrected chi connectivity index (χ2v) is 5.75. The summed E-state index contributed by atoms with van der Waals surface area (Å²) in [5, 5.41) is 10.4. The van der Waals surface area contributed by atoms with Crippen LogP contribution in [-0.2, 0) is 0 Å². The van der Waals surface area contributed by atoms with Crippen LogP contribution in [0, 0.1) is 0 Å². The van der Waals surface area contributed by atoms with Gasteiger partial charge in [0.1, 0.15) is 17.1 Å². The van der Waals surface area contributed by atoms with E-state index in [4.69, 9.17) is 9.47 Å². The van der Waals surface area contributed by atoms with Crippen LogP contribution in [0.3, 0.4) is 0 Å². The number of aliphatic hydroxyl groups is 1. The van der Waals surface area contributed by atoms with Crippen LogP contribution in [0.15, 0.2) is 18.2 Å². The van der Waals surface area contributed by atoms with E-state index < -0.39 is 6.10 Å². The molecule has 1 aromatic carbocycles. The van der Waals surface area contributed by atoms with Gasteiger partial charge in [-0.3, -0.25) is 0 Å². The highest BCUT2D eigenvalue weighted by Gasteiger charge is 2.42. The van der Waals surface area contributed by atoms with Crippen LogP contribution in [0.1, 0.15) is 30.9 Å². The van der Waals surface area contributed by atoms with Crippen molar-refractivity contribution >= 4 is 0 Å². The van der Waals surface area contributed by atoms with E-state index in [1.54, 1.807) is 7.11 Å². The average molecular weight is 263 g/mol. The molecule has 0 aliphatic carbocycles. The Bertz CT molecular complexity index is 476. The summed E-state index contributed by atoms with van der Waals surface area (Å²) in [5.41, 5.74) is 0.630. The maximum absolute atomic E-state index is 10.4. The van der Waals surface area contributed by atoms with Crippen molar-refractivity contribution in [1.82, 2.24) is 4.90 Å². The molecule has 4 nitrogen and oxygen atoms in total. The van der Waals surface area contributed by atoms with Crippen LogP contribution < -0.4 is 9.47 Å². The van der Waals surface area contributed by atoms with Crippen LogP contribution in [0.2, 0.25) is 0 Å². The second kappa shape index (κ2) is 4.69. The summed E-state index contributed by atoms with van der Waals surface area (Å²) >= 11 is 0. The van der Waals surface area contributed by atoms with Crippen molar-refractivity contribution in [3.8, 4) is 11.5 Å². The van der Waals surface area contributed by atoms with E-state index >= 15 is 0 Å². The molecule has 0 aromatic heterocycles. The zero-order chi connectivity index (χ0) is 13.5. The van der Waals surface area contributed by atoms with E-state index in [0.29, 0.717) is 6.42 Å². The lowest BCUT2D eigenvalue weighted by molar-refractivity contribution is -0.0555. The molecular weight excluding hydrogens is 242 g/mol. The summed E-state index contributed by atoms with van der Waals surface area (Å²) in [6, 6.07) is 5.66. The molecule has 0 saturated carbocycles. The van der Waals surface area contributed by atoms with Crippen LogP contribution in [-0.4, -0.2) is 42.9 Å². The van der Waals surface area contributed by atoms with Gasteiger partial charge in [-0.1, -0.05) is 0 Å². The summed E-state index contributed by atoms with van der Waals surface area (Å²) in [7, 11) is 3.75. The molecule has 3 rings (SSSR count). The van der Waals surface area contributed by atoms with Gasteiger partial charge in [-0.2, -0.15) is 0 Å². The van der Waals surface area contributed by atoms with Gasteiger partial charge < -0.3 is 19.5 Å². The van der Waals surface area contributed by atoms with Gasteiger partial charge in [-0.05, 0) is 38.6 Å². The van der Waals surface area contributed by atoms with E-state index in [2.05, 4.69) is 11.9 Å². The number of piperidine rings is 1. The number of hydrogen-bond acceptors (Lipinski definition) is 4. The van der Waals surface area contributed by atoms with Gasteiger partial charge in [0.05, 0.1) is 13.2 Å². The number of rotatable bonds is 1. The standard InChI is InChI=1S/C15H21NO3/c1-16-7-3-6-15(10-16)9-13(17)12-5-4-11(18-2)8-14(12)19-15/h4-5,8,13,17H,3,6-7,9-10H2,1-2H3/t13-,15?/m1/s1. The molecule has 1 spiro atoms. The number of benzene rings is 1. The first-order chi connectivity index (χ1) is 9.12. The highest BCUT2D eigenvalue weighted by molar-refractivity contribution is 5.44. The third kappa shape index (κ3) is 2.30. The molecule has 2 aliphatic heterocycles. The van der Waals surface area contributed by atoms with Crippen molar-refractivity contribution in [2.75, 3.05) is 27.2 Å². The minimum absolute atomic E-state index is 0.244. The molecule has 0 radical (unpaired) electrons. The lowest BCUT2D eigenvalue weighted by Gasteiger charge is -2.45. The van der Waals surface area contributed by atoms with Crippen molar-refractivity contribution in [1.29, 1.82) is 0 Å². The number of likely N-dealkylation sites (tertiary alicyclic amines) is 1. The van der Waals surface area contributed by atoms with E-state index in [9.17, 15) is 5.11 Å². The maximum atomic E-state index is 10.4. The number of methoxy groups -OCH3 is 1. The zero-order valence-electron chi connectivity index (χ0n) is 11.6. The Hall–Kier alpha value is -1.26. The minimum atomic E-state index is -0.443. The van der Waals surface area contributed by atoms with Gasteiger partial charge in [-0.25, -0.2) is 0 Å². The predicted molar refractivity (Wildman–Crippen MR) is 72.7 cm³/mol. The molecule has 1 saturated heterocycles. The van der Waals surface area contributed by atoms with Gasteiger partial charge in [0.25, 0.3) is 0 Å². The lowest BCUT2D eigenvalue weighted by Crippen LogP contribution is -2.52. The van der Waals surface area contributed by atoms with Crippen molar-refractivity contribution < 1.29 is 14.6 Å². The molecule has 4 heteroatoms. The molecule has 2 heterocycles. The third-order valence-corrected chi connectivity index (χ3v) is 4.20. The van der Waals surface area contributed by atoms with Crippen LogP contribution in [0.4, 0.5) is 0 Å². The van der Waals surface area contributed by atoms with Gasteiger partial charge in [0.2, 0.25) is 0 Å². The highest BCUT2D eigenvalue weighted by atomic mass is 16.5. The first-order valence-corrected chi connectivity index (χ1v) is 6.85. The van der Waals surface area contributed by atoms with Crippen molar-refractivity contribution in [3.63, 3.8) is 0 Å². The molecule has 1 aromatic rings. The smallest absolute Gasteiger partial charge is 0.129 e. The topological polar surface area (TPSA) is 41.9 Å². The molecule has 2 aliphatic rings. The quantitative estimate of drug-likeness (QED) is 0.841. The van der Waals surface area contributed by atoms with Crippen LogP contribution in [0.5, 0.6) is 11.5 Å². The Labute approximate surface area is 113 Å². The molecule has 0 amide bonds. The summed E-state index contributed by atoms with van der Waals surface area (Å²) in [6.45, 7) is 1.98. The summed E-state index contributed by atoms with van der Waals surface area (Å²) in [4.78, 5) is 2.28. The normalized spacial score (nSPS) is 30.8. The molecule has 1 unspecified atom stereocenters. The van der Waals surface area contributed by atoms with Crippen molar-refractivity contribution in [2.24, 2.45) is 0 Å². The average Bonchev–Trinajstić information content (AvgIpc) is 2.37. The first kappa shape index (κ1) is 12.8. The fourth-order valence-electron chi connectivity index (χ4n) is 3.31. The predicted octanol–water partition coefficient (Wildman–Crippen LogP) is 1.98. The molecule has 104 valence electrons. The lowest BCUT2D eigenvalue weighted by atomic mass is 9.83. The number of aliphatic hydroxyl groups excluding tert-OH is 1.